The summed E-state index contributed by atoms with van der Waals surface area (Å²) in [5.74, 6) is -0.455. The molecule has 0 aliphatic carbocycles. The van der Waals surface area contributed by atoms with E-state index in [0.29, 0.717) is 0 Å². The first-order valence-corrected chi connectivity index (χ1v) is 6.35. The highest BCUT2D eigenvalue weighted by Crippen LogP contribution is 2.09. The van der Waals surface area contributed by atoms with Gasteiger partial charge in [0.25, 0.3) is 4.92 Å². The summed E-state index contributed by atoms with van der Waals surface area (Å²) in [6.07, 6.45) is 3.74. The van der Waals surface area contributed by atoms with Gasteiger partial charge in [-0.3, -0.25) is 0 Å². The standard InChI is InChI=1S/C8H11ClNO4S/c1-3-7(6-15(9,13)14)5-8(4-2)10(11)12/h3-5H,1,6H2,2H3,(H,11,12)/q+1/b7-5+,8-4+. The Labute approximate surface area is 92.3 Å². The maximum atomic E-state index is 10.7. The molecule has 0 spiro atoms. The van der Waals surface area contributed by atoms with Crippen LogP contribution < -0.4 is 0 Å². The van der Waals surface area contributed by atoms with E-state index in [1.165, 1.54) is 25.2 Å². The van der Waals surface area contributed by atoms with Crippen LogP contribution in [0.4, 0.5) is 0 Å². The quantitative estimate of drug-likeness (QED) is 0.459. The van der Waals surface area contributed by atoms with E-state index < -0.39 is 14.8 Å². The molecule has 15 heavy (non-hydrogen) atoms. The summed E-state index contributed by atoms with van der Waals surface area (Å²) in [5, 5.41) is 8.60. The minimum atomic E-state index is -3.71. The van der Waals surface area contributed by atoms with Crippen LogP contribution in [0.25, 0.3) is 0 Å². The minimum Gasteiger partial charge on any atom is -0.241 e. The van der Waals surface area contributed by atoms with Crippen LogP contribution in [0.15, 0.2) is 36.1 Å². The Balaban J connectivity index is 5.06. The Morgan fingerprint density at radius 1 is 1.60 bits per heavy atom. The summed E-state index contributed by atoms with van der Waals surface area (Å²) in [6, 6.07) is 0. The second kappa shape index (κ2) is 5.67. The van der Waals surface area contributed by atoms with E-state index in [1.54, 1.807) is 0 Å². The van der Waals surface area contributed by atoms with Crippen LogP contribution in [0, 0.1) is 4.91 Å². The minimum absolute atomic E-state index is 0.0924. The Hall–Kier alpha value is -1.14. The molecule has 0 aromatic heterocycles. The van der Waals surface area contributed by atoms with Crippen LogP contribution in [0.1, 0.15) is 6.92 Å². The SMILES string of the molecule is C=C/C(=C\C(=C/C)[N+](=O)O)CS(=O)(=O)Cl. The summed E-state index contributed by atoms with van der Waals surface area (Å²) in [7, 11) is 1.31. The number of halogens is 1. The van der Waals surface area contributed by atoms with Gasteiger partial charge in [-0.05, 0) is 18.6 Å². The Morgan fingerprint density at radius 3 is 2.40 bits per heavy atom. The van der Waals surface area contributed by atoms with Gasteiger partial charge in [0.1, 0.15) is 0 Å². The molecule has 84 valence electrons. The molecule has 0 unspecified atom stereocenters. The summed E-state index contributed by atoms with van der Waals surface area (Å²) < 4.78 is 21.5. The van der Waals surface area contributed by atoms with Crippen LogP contribution in [-0.2, 0) is 9.05 Å². The van der Waals surface area contributed by atoms with Crippen molar-refractivity contribution in [3.8, 4) is 0 Å². The van der Waals surface area contributed by atoms with Gasteiger partial charge < -0.3 is 0 Å². The first kappa shape index (κ1) is 13.9. The molecule has 0 fully saturated rings. The van der Waals surface area contributed by atoms with Gasteiger partial charge >= 0.3 is 5.70 Å². The normalized spacial score (nSPS) is 13.7. The zero-order valence-electron chi connectivity index (χ0n) is 8.05. The molecular weight excluding hydrogens is 242 g/mol. The third-order valence-electron chi connectivity index (χ3n) is 1.45. The maximum Gasteiger partial charge on any atom is 0.312 e. The number of hydrogen-bond donors (Lipinski definition) is 1. The second-order valence-electron chi connectivity index (χ2n) is 2.59. The molecule has 0 amide bonds. The van der Waals surface area contributed by atoms with E-state index in [-0.39, 0.29) is 16.2 Å². The lowest BCUT2D eigenvalue weighted by Crippen LogP contribution is -2.03. The predicted molar refractivity (Wildman–Crippen MR) is 57.1 cm³/mol. The zero-order valence-corrected chi connectivity index (χ0v) is 9.62. The monoisotopic (exact) mass is 252 g/mol. The number of allylic oxidation sites excluding steroid dienone is 3. The van der Waals surface area contributed by atoms with Crippen LogP contribution in [-0.4, -0.2) is 24.3 Å². The third-order valence-corrected chi connectivity index (χ3v) is 2.46. The number of rotatable bonds is 5. The molecule has 0 aromatic rings. The molecule has 1 N–H and O–H groups in total. The molecule has 0 saturated heterocycles. The third kappa shape index (κ3) is 6.03. The van der Waals surface area contributed by atoms with Crippen molar-refractivity contribution in [2.24, 2.45) is 0 Å². The maximum absolute atomic E-state index is 10.7. The van der Waals surface area contributed by atoms with E-state index >= 15 is 0 Å². The van der Waals surface area contributed by atoms with Crippen LogP contribution in [0.2, 0.25) is 0 Å². The molecular formula is C8H11ClNO4S+. The molecule has 0 atom stereocenters. The first-order valence-electron chi connectivity index (χ1n) is 3.88. The summed E-state index contributed by atoms with van der Waals surface area (Å²) in [6.45, 7) is 4.89. The Kier molecular flexibility index (Phi) is 5.24. The van der Waals surface area contributed by atoms with Gasteiger partial charge in [0.05, 0.1) is 10.7 Å². The van der Waals surface area contributed by atoms with E-state index in [2.05, 4.69) is 6.58 Å². The lowest BCUT2D eigenvalue weighted by molar-refractivity contribution is -0.752. The fourth-order valence-electron chi connectivity index (χ4n) is 0.798. The van der Waals surface area contributed by atoms with Crippen molar-refractivity contribution >= 4 is 19.7 Å². The average Bonchev–Trinajstić information content (AvgIpc) is 2.09. The molecule has 0 bridgehead atoms. The van der Waals surface area contributed by atoms with Crippen molar-refractivity contribution in [3.05, 3.63) is 41.0 Å². The number of nitrogens with zero attached hydrogens (tertiary/aromatic N) is 1. The van der Waals surface area contributed by atoms with Gasteiger partial charge in [0.15, 0.2) is 0 Å². The van der Waals surface area contributed by atoms with Crippen molar-refractivity contribution in [2.75, 3.05) is 5.75 Å². The van der Waals surface area contributed by atoms with Gasteiger partial charge in [-0.1, -0.05) is 12.7 Å². The fourth-order valence-corrected chi connectivity index (χ4v) is 1.77. The molecule has 0 rings (SSSR count). The highest BCUT2D eigenvalue weighted by Gasteiger charge is 2.15. The lowest BCUT2D eigenvalue weighted by atomic mass is 10.2. The van der Waals surface area contributed by atoms with Crippen molar-refractivity contribution in [2.45, 2.75) is 6.92 Å². The van der Waals surface area contributed by atoms with E-state index in [1.807, 2.05) is 0 Å². The van der Waals surface area contributed by atoms with Crippen molar-refractivity contribution < 1.29 is 18.5 Å². The van der Waals surface area contributed by atoms with Crippen molar-refractivity contribution in [3.63, 3.8) is 0 Å². The van der Waals surface area contributed by atoms with Gasteiger partial charge in [0, 0.05) is 16.8 Å². The van der Waals surface area contributed by atoms with Crippen LogP contribution in [0.5, 0.6) is 0 Å². The Bertz CT molecular complexity index is 422. The molecule has 5 nitrogen and oxygen atoms in total. The van der Waals surface area contributed by atoms with Gasteiger partial charge in [-0.25, -0.2) is 13.6 Å². The number of hydrogen-bond acceptors (Lipinski definition) is 3. The summed E-state index contributed by atoms with van der Waals surface area (Å²) >= 11 is 0. The topological polar surface area (TPSA) is 74.5 Å². The second-order valence-corrected chi connectivity index (χ2v) is 5.37. The smallest absolute Gasteiger partial charge is 0.241 e. The van der Waals surface area contributed by atoms with Gasteiger partial charge in [-0.2, -0.15) is 0 Å². The summed E-state index contributed by atoms with van der Waals surface area (Å²) in [5.41, 5.74) is 0.123. The molecule has 0 aliphatic rings. The first-order chi connectivity index (χ1) is 6.80. The highest BCUT2D eigenvalue weighted by molar-refractivity contribution is 8.13. The van der Waals surface area contributed by atoms with E-state index in [9.17, 15) is 13.3 Å². The van der Waals surface area contributed by atoms with Gasteiger partial charge in [0.2, 0.25) is 9.05 Å². The van der Waals surface area contributed by atoms with Crippen molar-refractivity contribution in [1.29, 1.82) is 0 Å². The molecule has 0 aromatic carbocycles. The lowest BCUT2D eigenvalue weighted by Gasteiger charge is -1.95. The van der Waals surface area contributed by atoms with E-state index in [0.717, 1.165) is 0 Å². The van der Waals surface area contributed by atoms with Crippen LogP contribution >= 0.6 is 10.7 Å². The summed E-state index contributed by atoms with van der Waals surface area (Å²) in [4.78, 5) is 10.2. The van der Waals surface area contributed by atoms with Crippen molar-refractivity contribution in [1.82, 2.24) is 0 Å². The largest absolute Gasteiger partial charge is 0.312 e. The van der Waals surface area contributed by atoms with E-state index in [4.69, 9.17) is 15.9 Å². The Morgan fingerprint density at radius 2 is 2.13 bits per heavy atom. The molecule has 0 heterocycles. The molecule has 7 heteroatoms. The van der Waals surface area contributed by atoms with Gasteiger partial charge in [-0.15, -0.1) is 0 Å². The highest BCUT2D eigenvalue weighted by atomic mass is 35.7. The molecule has 0 aliphatic heterocycles. The average molecular weight is 253 g/mol. The fraction of sp³-hybridized carbons (Fsp3) is 0.250. The predicted octanol–water partition coefficient (Wildman–Crippen LogP) is 1.74. The van der Waals surface area contributed by atoms with Crippen LogP contribution in [0.3, 0.4) is 0 Å². The molecule has 0 radical (unpaired) electrons. The molecule has 0 saturated carbocycles. The zero-order chi connectivity index (χ0) is 12.1.